The van der Waals surface area contributed by atoms with E-state index in [0.717, 1.165) is 5.69 Å². The van der Waals surface area contributed by atoms with Crippen LogP contribution in [0.15, 0.2) is 24.3 Å². The van der Waals surface area contributed by atoms with Gasteiger partial charge >= 0.3 is 0 Å². The lowest BCUT2D eigenvalue weighted by Crippen LogP contribution is -2.22. The van der Waals surface area contributed by atoms with Crippen molar-refractivity contribution in [1.82, 2.24) is 0 Å². The zero-order valence-corrected chi connectivity index (χ0v) is 7.64. The minimum atomic E-state index is -0.777. The Kier molecular flexibility index (Phi) is 3.92. The van der Waals surface area contributed by atoms with Gasteiger partial charge in [0.25, 0.3) is 0 Å². The maximum absolute atomic E-state index is 9.07. The quantitative estimate of drug-likeness (QED) is 0.642. The number of aliphatic hydroxyl groups excluding tert-OH is 2. The Morgan fingerprint density at radius 1 is 1.50 bits per heavy atom. The third kappa shape index (κ3) is 3.05. The van der Waals surface area contributed by atoms with Gasteiger partial charge < -0.3 is 15.5 Å². The molecule has 1 unspecified atom stereocenters. The summed E-state index contributed by atoms with van der Waals surface area (Å²) in [5.74, 6) is 0. The molecule has 0 amide bonds. The van der Waals surface area contributed by atoms with Crippen LogP contribution in [0.1, 0.15) is 5.56 Å². The van der Waals surface area contributed by atoms with Crippen LogP contribution in [0.2, 0.25) is 0 Å². The molecule has 1 atom stereocenters. The first-order chi connectivity index (χ1) is 6.76. The SMILES string of the molecule is N#Cc1cccc(NCC(O)CO)c1. The van der Waals surface area contributed by atoms with E-state index in [2.05, 4.69) is 5.32 Å². The topological polar surface area (TPSA) is 76.3 Å². The smallest absolute Gasteiger partial charge is 0.0992 e. The second kappa shape index (κ2) is 5.22. The highest BCUT2D eigenvalue weighted by Gasteiger charge is 2.01. The summed E-state index contributed by atoms with van der Waals surface area (Å²) in [6.07, 6.45) is -0.777. The molecule has 0 aliphatic heterocycles. The average molecular weight is 192 g/mol. The maximum atomic E-state index is 9.07. The van der Waals surface area contributed by atoms with Crippen molar-refractivity contribution < 1.29 is 10.2 Å². The van der Waals surface area contributed by atoms with Gasteiger partial charge in [0, 0.05) is 12.2 Å². The summed E-state index contributed by atoms with van der Waals surface area (Å²) in [5.41, 5.74) is 1.32. The van der Waals surface area contributed by atoms with Crippen molar-refractivity contribution in [3.8, 4) is 6.07 Å². The highest BCUT2D eigenvalue weighted by Crippen LogP contribution is 2.09. The van der Waals surface area contributed by atoms with E-state index in [-0.39, 0.29) is 13.2 Å². The first kappa shape index (κ1) is 10.5. The van der Waals surface area contributed by atoms with Gasteiger partial charge in [0.15, 0.2) is 0 Å². The fraction of sp³-hybridized carbons (Fsp3) is 0.300. The van der Waals surface area contributed by atoms with Crippen molar-refractivity contribution in [2.24, 2.45) is 0 Å². The number of anilines is 1. The van der Waals surface area contributed by atoms with Gasteiger partial charge in [-0.05, 0) is 18.2 Å². The lowest BCUT2D eigenvalue weighted by atomic mass is 10.2. The number of hydrogen-bond acceptors (Lipinski definition) is 4. The highest BCUT2D eigenvalue weighted by atomic mass is 16.3. The third-order valence-electron chi connectivity index (χ3n) is 1.74. The number of rotatable bonds is 4. The predicted molar refractivity (Wildman–Crippen MR) is 52.7 cm³/mol. The normalized spacial score (nSPS) is 11.8. The molecule has 0 aliphatic rings. The van der Waals surface area contributed by atoms with E-state index in [0.29, 0.717) is 5.56 Å². The molecule has 0 aromatic heterocycles. The van der Waals surface area contributed by atoms with E-state index in [4.69, 9.17) is 15.5 Å². The van der Waals surface area contributed by atoms with Gasteiger partial charge in [-0.15, -0.1) is 0 Å². The molecule has 3 N–H and O–H groups in total. The average Bonchev–Trinajstić information content (AvgIpc) is 2.26. The van der Waals surface area contributed by atoms with Crippen molar-refractivity contribution in [2.45, 2.75) is 6.10 Å². The fourth-order valence-electron chi connectivity index (χ4n) is 0.999. The van der Waals surface area contributed by atoms with Crippen LogP contribution in [0.4, 0.5) is 5.69 Å². The van der Waals surface area contributed by atoms with E-state index in [9.17, 15) is 0 Å². The van der Waals surface area contributed by atoms with Crippen molar-refractivity contribution >= 4 is 5.69 Å². The minimum absolute atomic E-state index is 0.269. The Morgan fingerprint density at radius 3 is 2.93 bits per heavy atom. The number of hydrogen-bond donors (Lipinski definition) is 3. The van der Waals surface area contributed by atoms with Crippen molar-refractivity contribution in [1.29, 1.82) is 5.26 Å². The Bertz CT molecular complexity index is 333. The molecular weight excluding hydrogens is 180 g/mol. The zero-order valence-electron chi connectivity index (χ0n) is 7.64. The Morgan fingerprint density at radius 2 is 2.29 bits per heavy atom. The largest absolute Gasteiger partial charge is 0.394 e. The molecule has 1 rings (SSSR count). The summed E-state index contributed by atoms with van der Waals surface area (Å²) in [4.78, 5) is 0. The molecule has 0 fully saturated rings. The first-order valence-corrected chi connectivity index (χ1v) is 4.29. The Balaban J connectivity index is 2.55. The molecule has 0 spiro atoms. The molecular formula is C10H12N2O2. The molecule has 0 aliphatic carbocycles. The van der Waals surface area contributed by atoms with Gasteiger partial charge in [-0.3, -0.25) is 0 Å². The lowest BCUT2D eigenvalue weighted by molar-refractivity contribution is 0.105. The van der Waals surface area contributed by atoms with E-state index >= 15 is 0 Å². The van der Waals surface area contributed by atoms with Crippen LogP contribution in [-0.4, -0.2) is 29.5 Å². The Labute approximate surface area is 82.4 Å². The van der Waals surface area contributed by atoms with Crippen LogP contribution in [0.5, 0.6) is 0 Å². The van der Waals surface area contributed by atoms with E-state index in [1.807, 2.05) is 6.07 Å². The van der Waals surface area contributed by atoms with Crippen molar-refractivity contribution in [2.75, 3.05) is 18.5 Å². The number of nitriles is 1. The van der Waals surface area contributed by atoms with Crippen LogP contribution in [-0.2, 0) is 0 Å². The molecule has 0 radical (unpaired) electrons. The molecule has 1 aromatic carbocycles. The molecule has 4 heteroatoms. The van der Waals surface area contributed by atoms with E-state index < -0.39 is 6.10 Å². The first-order valence-electron chi connectivity index (χ1n) is 4.29. The molecule has 0 heterocycles. The molecule has 4 nitrogen and oxygen atoms in total. The minimum Gasteiger partial charge on any atom is -0.394 e. The van der Waals surface area contributed by atoms with Crippen LogP contribution >= 0.6 is 0 Å². The molecule has 1 aromatic rings. The number of aliphatic hydroxyl groups is 2. The summed E-state index contributed by atoms with van der Waals surface area (Å²) in [7, 11) is 0. The number of nitrogens with one attached hydrogen (secondary N) is 1. The monoisotopic (exact) mass is 192 g/mol. The van der Waals surface area contributed by atoms with Crippen LogP contribution in [0, 0.1) is 11.3 Å². The van der Waals surface area contributed by atoms with Gasteiger partial charge in [0.05, 0.1) is 24.3 Å². The summed E-state index contributed by atoms with van der Waals surface area (Å²) >= 11 is 0. The summed E-state index contributed by atoms with van der Waals surface area (Å²) < 4.78 is 0. The molecule has 14 heavy (non-hydrogen) atoms. The molecule has 0 saturated carbocycles. The summed E-state index contributed by atoms with van der Waals surface area (Å²) in [5, 5.41) is 29.2. The second-order valence-corrected chi connectivity index (χ2v) is 2.91. The van der Waals surface area contributed by atoms with Crippen molar-refractivity contribution in [3.63, 3.8) is 0 Å². The molecule has 0 saturated heterocycles. The standard InChI is InChI=1S/C10H12N2O2/c11-5-8-2-1-3-9(4-8)12-6-10(14)7-13/h1-4,10,12-14H,6-7H2. The number of benzene rings is 1. The lowest BCUT2D eigenvalue weighted by Gasteiger charge is -2.09. The maximum Gasteiger partial charge on any atom is 0.0992 e. The van der Waals surface area contributed by atoms with Crippen LogP contribution in [0.3, 0.4) is 0 Å². The van der Waals surface area contributed by atoms with E-state index in [1.165, 1.54) is 0 Å². The summed E-state index contributed by atoms with van der Waals surface area (Å²) in [6.45, 7) is -0.00365. The second-order valence-electron chi connectivity index (χ2n) is 2.91. The molecule has 74 valence electrons. The van der Waals surface area contributed by atoms with Crippen LogP contribution in [0.25, 0.3) is 0 Å². The van der Waals surface area contributed by atoms with Gasteiger partial charge in [-0.2, -0.15) is 5.26 Å². The summed E-state index contributed by atoms with van der Waals surface area (Å²) in [6, 6.07) is 8.96. The fourth-order valence-corrected chi connectivity index (χ4v) is 0.999. The Hall–Kier alpha value is -1.57. The highest BCUT2D eigenvalue weighted by molar-refractivity contribution is 5.49. The van der Waals surface area contributed by atoms with Gasteiger partial charge in [-0.1, -0.05) is 6.07 Å². The molecule has 0 bridgehead atoms. The van der Waals surface area contributed by atoms with Gasteiger partial charge in [-0.25, -0.2) is 0 Å². The van der Waals surface area contributed by atoms with E-state index in [1.54, 1.807) is 24.3 Å². The third-order valence-corrected chi connectivity index (χ3v) is 1.74. The zero-order chi connectivity index (χ0) is 10.4. The van der Waals surface area contributed by atoms with Gasteiger partial charge in [0.2, 0.25) is 0 Å². The van der Waals surface area contributed by atoms with Crippen molar-refractivity contribution in [3.05, 3.63) is 29.8 Å². The predicted octanol–water partition coefficient (Wildman–Crippen LogP) is 0.323. The number of nitrogens with zero attached hydrogens (tertiary/aromatic N) is 1. The van der Waals surface area contributed by atoms with Gasteiger partial charge in [0.1, 0.15) is 0 Å². The van der Waals surface area contributed by atoms with Crippen LogP contribution < -0.4 is 5.32 Å².